The molecule has 0 saturated heterocycles. The first-order chi connectivity index (χ1) is 15.6. The highest BCUT2D eigenvalue weighted by atomic mass is 32.2. The average Bonchev–Trinajstić information content (AvgIpc) is 2.81. The van der Waals surface area contributed by atoms with Crippen molar-refractivity contribution in [3.05, 3.63) is 48.5 Å². The molecular weight excluding hydrogens is 476 g/mol. The second-order valence-corrected chi connectivity index (χ2v) is 10.1. The van der Waals surface area contributed by atoms with E-state index in [1.54, 1.807) is 0 Å². The molecule has 0 aliphatic rings. The van der Waals surface area contributed by atoms with Crippen LogP contribution in [-0.2, 0) is 39.0 Å². The molecule has 0 saturated carbocycles. The predicted molar refractivity (Wildman–Crippen MR) is 119 cm³/mol. The minimum absolute atomic E-state index is 0.0405. The largest absolute Gasteiger partial charge is 0.457 e. The smallest absolute Gasteiger partial charge is 0.240 e. The van der Waals surface area contributed by atoms with Gasteiger partial charge < -0.3 is 23.7 Å². The molecule has 13 heteroatoms. The highest BCUT2D eigenvalue weighted by Gasteiger charge is 2.18. The van der Waals surface area contributed by atoms with Gasteiger partial charge in [-0.25, -0.2) is 26.3 Å². The topological polar surface area (TPSA) is 138 Å². The van der Waals surface area contributed by atoms with Crippen LogP contribution in [0.5, 0.6) is 11.5 Å². The van der Waals surface area contributed by atoms with Gasteiger partial charge in [-0.15, -0.1) is 0 Å². The lowest BCUT2D eigenvalue weighted by molar-refractivity contribution is -0.0962. The Morgan fingerprint density at radius 1 is 0.606 bits per heavy atom. The molecular formula is C20H28N2O9S2. The van der Waals surface area contributed by atoms with Gasteiger partial charge in [0.2, 0.25) is 20.0 Å². The highest BCUT2D eigenvalue weighted by molar-refractivity contribution is 7.89. The summed E-state index contributed by atoms with van der Waals surface area (Å²) in [4.78, 5) is 0.0810. The summed E-state index contributed by atoms with van der Waals surface area (Å²) >= 11 is 0. The molecule has 2 aromatic rings. The highest BCUT2D eigenvalue weighted by Crippen LogP contribution is 2.24. The Bertz CT molecular complexity index is 978. The van der Waals surface area contributed by atoms with E-state index in [-0.39, 0.29) is 22.9 Å². The molecule has 0 spiro atoms. The van der Waals surface area contributed by atoms with E-state index in [2.05, 4.69) is 9.44 Å². The van der Waals surface area contributed by atoms with E-state index >= 15 is 0 Å². The first kappa shape index (κ1) is 27.1. The second kappa shape index (κ2) is 12.4. The van der Waals surface area contributed by atoms with Crippen LogP contribution in [0.2, 0.25) is 0 Å². The van der Waals surface area contributed by atoms with Gasteiger partial charge in [0.15, 0.2) is 12.6 Å². The maximum atomic E-state index is 12.4. The number of methoxy groups -OCH3 is 4. The zero-order valence-electron chi connectivity index (χ0n) is 18.7. The van der Waals surface area contributed by atoms with Crippen molar-refractivity contribution in [3.8, 4) is 11.5 Å². The predicted octanol–water partition coefficient (Wildman–Crippen LogP) is 1.27. The Morgan fingerprint density at radius 2 is 0.909 bits per heavy atom. The molecule has 0 radical (unpaired) electrons. The van der Waals surface area contributed by atoms with Gasteiger partial charge in [-0.1, -0.05) is 0 Å². The van der Waals surface area contributed by atoms with Crippen molar-refractivity contribution in [2.45, 2.75) is 22.4 Å². The fraction of sp³-hybridized carbons (Fsp3) is 0.400. The Kier molecular flexibility index (Phi) is 10.2. The summed E-state index contributed by atoms with van der Waals surface area (Å²) in [5, 5.41) is 0. The third-order valence-electron chi connectivity index (χ3n) is 4.44. The maximum absolute atomic E-state index is 12.4. The summed E-state index contributed by atoms with van der Waals surface area (Å²) in [5.74, 6) is 0.745. The molecule has 2 aromatic carbocycles. The van der Waals surface area contributed by atoms with Crippen molar-refractivity contribution in [1.82, 2.24) is 9.44 Å². The summed E-state index contributed by atoms with van der Waals surface area (Å²) in [5.41, 5.74) is 0. The summed E-state index contributed by atoms with van der Waals surface area (Å²) < 4.78 is 79.7. The molecule has 0 heterocycles. The van der Waals surface area contributed by atoms with Crippen molar-refractivity contribution in [2.24, 2.45) is 0 Å². The fourth-order valence-corrected chi connectivity index (χ4v) is 4.59. The molecule has 11 nitrogen and oxygen atoms in total. The van der Waals surface area contributed by atoms with Gasteiger partial charge in [0.25, 0.3) is 0 Å². The molecule has 0 fully saturated rings. The lowest BCUT2D eigenvalue weighted by Gasteiger charge is -2.15. The van der Waals surface area contributed by atoms with Crippen LogP contribution in [0.3, 0.4) is 0 Å². The first-order valence-electron chi connectivity index (χ1n) is 9.63. The molecule has 0 atom stereocenters. The Hall–Kier alpha value is -2.10. The number of rotatable bonds is 14. The monoisotopic (exact) mass is 504 g/mol. The van der Waals surface area contributed by atoms with Crippen LogP contribution in [0.25, 0.3) is 0 Å². The number of ether oxygens (including phenoxy) is 5. The van der Waals surface area contributed by atoms with Gasteiger partial charge in [-0.2, -0.15) is 0 Å². The molecule has 0 amide bonds. The molecule has 0 unspecified atom stereocenters. The SMILES string of the molecule is COC(CNS(=O)(=O)c1ccc(Oc2ccc(S(=O)(=O)NCC(OC)OC)cc2)cc1)OC. The third kappa shape index (κ3) is 8.01. The van der Waals surface area contributed by atoms with Crippen molar-refractivity contribution >= 4 is 20.0 Å². The zero-order chi connectivity index (χ0) is 24.5. The molecule has 0 aliphatic heterocycles. The van der Waals surface area contributed by atoms with Crippen molar-refractivity contribution < 1.29 is 40.5 Å². The summed E-state index contributed by atoms with van der Waals surface area (Å²) in [6.45, 7) is -0.0927. The van der Waals surface area contributed by atoms with Crippen LogP contribution < -0.4 is 14.2 Å². The van der Waals surface area contributed by atoms with E-state index in [0.717, 1.165) is 0 Å². The lowest BCUT2D eigenvalue weighted by atomic mass is 10.3. The molecule has 2 rings (SSSR count). The van der Waals surface area contributed by atoms with Crippen LogP contribution in [0.15, 0.2) is 58.3 Å². The molecule has 0 aromatic heterocycles. The lowest BCUT2D eigenvalue weighted by Crippen LogP contribution is -2.34. The molecule has 0 bridgehead atoms. The molecule has 33 heavy (non-hydrogen) atoms. The minimum Gasteiger partial charge on any atom is -0.457 e. The van der Waals surface area contributed by atoms with E-state index < -0.39 is 32.6 Å². The van der Waals surface area contributed by atoms with Crippen LogP contribution in [0.4, 0.5) is 0 Å². The van der Waals surface area contributed by atoms with Gasteiger partial charge in [0.05, 0.1) is 22.9 Å². The quantitative estimate of drug-likeness (QED) is 0.364. The fourth-order valence-electron chi connectivity index (χ4n) is 2.56. The normalized spacial score (nSPS) is 12.4. The Balaban J connectivity index is 2.01. The van der Waals surface area contributed by atoms with Gasteiger partial charge in [0, 0.05) is 28.4 Å². The third-order valence-corrected chi connectivity index (χ3v) is 7.31. The number of hydrogen-bond acceptors (Lipinski definition) is 9. The molecule has 184 valence electrons. The van der Waals surface area contributed by atoms with Gasteiger partial charge >= 0.3 is 0 Å². The average molecular weight is 505 g/mol. The second-order valence-electron chi connectivity index (χ2n) is 6.55. The number of benzene rings is 2. The summed E-state index contributed by atoms with van der Waals surface area (Å²) in [6.07, 6.45) is -1.41. The van der Waals surface area contributed by atoms with E-state index in [1.807, 2.05) is 0 Å². The summed E-state index contributed by atoms with van der Waals surface area (Å²) in [7, 11) is -1.89. The van der Waals surface area contributed by atoms with Crippen LogP contribution in [-0.4, -0.2) is 70.9 Å². The van der Waals surface area contributed by atoms with Crippen molar-refractivity contribution in [3.63, 3.8) is 0 Å². The standard InChI is InChI=1S/C20H28N2O9S2/c1-27-19(28-2)13-21-32(23,24)17-9-5-15(6-10-17)31-16-7-11-18(12-8-16)33(25,26)22-14-20(29-3)30-4/h5-12,19-22H,13-14H2,1-4H3. The van der Waals surface area contributed by atoms with E-state index in [9.17, 15) is 16.8 Å². The maximum Gasteiger partial charge on any atom is 0.240 e. The van der Waals surface area contributed by atoms with E-state index in [0.29, 0.717) is 11.5 Å². The summed E-state index contributed by atoms with van der Waals surface area (Å²) in [6, 6.07) is 11.5. The van der Waals surface area contributed by atoms with E-state index in [1.165, 1.54) is 77.0 Å². The van der Waals surface area contributed by atoms with Crippen LogP contribution in [0.1, 0.15) is 0 Å². The minimum atomic E-state index is -3.76. The van der Waals surface area contributed by atoms with Gasteiger partial charge in [0.1, 0.15) is 11.5 Å². The van der Waals surface area contributed by atoms with Gasteiger partial charge in [-0.3, -0.25) is 0 Å². The first-order valence-corrected chi connectivity index (χ1v) is 12.6. The molecule has 2 N–H and O–H groups in total. The number of sulfonamides is 2. The van der Waals surface area contributed by atoms with Crippen LogP contribution in [0, 0.1) is 0 Å². The molecule has 0 aliphatic carbocycles. The number of hydrogen-bond donors (Lipinski definition) is 2. The van der Waals surface area contributed by atoms with Crippen molar-refractivity contribution in [1.29, 1.82) is 0 Å². The number of nitrogens with one attached hydrogen (secondary N) is 2. The van der Waals surface area contributed by atoms with Crippen LogP contribution >= 0.6 is 0 Å². The van der Waals surface area contributed by atoms with Gasteiger partial charge in [-0.05, 0) is 48.5 Å². The van der Waals surface area contributed by atoms with Crippen molar-refractivity contribution in [2.75, 3.05) is 41.5 Å². The Morgan fingerprint density at radius 3 is 1.18 bits per heavy atom. The zero-order valence-corrected chi connectivity index (χ0v) is 20.3. The van der Waals surface area contributed by atoms with E-state index in [4.69, 9.17) is 23.7 Å². The Labute approximate surface area is 194 Å².